The van der Waals surface area contributed by atoms with Crippen LogP contribution in [0, 0.1) is 11.3 Å². The highest BCUT2D eigenvalue weighted by Crippen LogP contribution is 2.32. The molecular formula is C18H19NO2. The summed E-state index contributed by atoms with van der Waals surface area (Å²) in [6.45, 7) is 0. The van der Waals surface area contributed by atoms with E-state index in [1.807, 2.05) is 36.4 Å². The topological polar surface area (TPSA) is 42.2 Å². The quantitative estimate of drug-likeness (QED) is 0.805. The molecule has 0 saturated heterocycles. The molecule has 108 valence electrons. The Morgan fingerprint density at radius 3 is 2.43 bits per heavy atom. The maximum absolute atomic E-state index is 9.47. The van der Waals surface area contributed by atoms with E-state index in [-0.39, 0.29) is 5.92 Å². The van der Waals surface area contributed by atoms with Gasteiger partial charge in [-0.1, -0.05) is 36.4 Å². The number of ether oxygens (including phenoxy) is 2. The zero-order valence-corrected chi connectivity index (χ0v) is 12.4. The summed E-state index contributed by atoms with van der Waals surface area (Å²) in [4.78, 5) is 0. The summed E-state index contributed by atoms with van der Waals surface area (Å²) in [6, 6.07) is 18.2. The number of benzene rings is 2. The van der Waals surface area contributed by atoms with Crippen molar-refractivity contribution >= 4 is 0 Å². The van der Waals surface area contributed by atoms with E-state index in [0.717, 1.165) is 24.2 Å². The summed E-state index contributed by atoms with van der Waals surface area (Å²) in [5.41, 5.74) is 2.15. The molecule has 0 amide bonds. The zero-order chi connectivity index (χ0) is 15.1. The Labute approximate surface area is 125 Å². The summed E-state index contributed by atoms with van der Waals surface area (Å²) < 4.78 is 10.6. The predicted molar refractivity (Wildman–Crippen MR) is 82.7 cm³/mol. The Kier molecular flexibility index (Phi) is 5.22. The van der Waals surface area contributed by atoms with Crippen molar-refractivity contribution in [3.63, 3.8) is 0 Å². The summed E-state index contributed by atoms with van der Waals surface area (Å²) in [5.74, 6) is 1.25. The molecule has 0 aliphatic carbocycles. The molecule has 3 heteroatoms. The molecule has 0 bridgehead atoms. The summed E-state index contributed by atoms with van der Waals surface area (Å²) >= 11 is 0. The van der Waals surface area contributed by atoms with Gasteiger partial charge in [-0.3, -0.25) is 0 Å². The molecule has 2 rings (SSSR count). The van der Waals surface area contributed by atoms with Gasteiger partial charge >= 0.3 is 0 Å². The van der Waals surface area contributed by atoms with Gasteiger partial charge in [0.25, 0.3) is 0 Å². The zero-order valence-electron chi connectivity index (χ0n) is 12.4. The van der Waals surface area contributed by atoms with Gasteiger partial charge in [-0.15, -0.1) is 0 Å². The second-order valence-electron chi connectivity index (χ2n) is 4.81. The first-order valence-electron chi connectivity index (χ1n) is 6.94. The molecule has 0 N–H and O–H groups in total. The van der Waals surface area contributed by atoms with Crippen molar-refractivity contribution in [2.45, 2.75) is 18.8 Å². The maximum Gasteiger partial charge on any atom is 0.127 e. The largest absolute Gasteiger partial charge is 0.497 e. The van der Waals surface area contributed by atoms with Crippen LogP contribution < -0.4 is 9.47 Å². The van der Waals surface area contributed by atoms with Crippen LogP contribution in [0.5, 0.6) is 11.5 Å². The molecule has 0 heterocycles. The highest BCUT2D eigenvalue weighted by atomic mass is 16.5. The van der Waals surface area contributed by atoms with Crippen LogP contribution >= 0.6 is 0 Å². The third-order valence-corrected chi connectivity index (χ3v) is 3.54. The van der Waals surface area contributed by atoms with E-state index in [9.17, 15) is 5.26 Å². The SMILES string of the molecule is COc1ccc(C(C#N)CCc2ccccc2)c(OC)c1. The van der Waals surface area contributed by atoms with Crippen LogP contribution in [0.4, 0.5) is 0 Å². The highest BCUT2D eigenvalue weighted by Gasteiger charge is 2.16. The normalized spacial score (nSPS) is 11.5. The van der Waals surface area contributed by atoms with Crippen LogP contribution in [0.2, 0.25) is 0 Å². The van der Waals surface area contributed by atoms with Crippen molar-refractivity contribution in [1.29, 1.82) is 5.26 Å². The lowest BCUT2D eigenvalue weighted by Gasteiger charge is -2.14. The van der Waals surface area contributed by atoms with Gasteiger partial charge in [0, 0.05) is 11.6 Å². The Balaban J connectivity index is 2.16. The number of rotatable bonds is 6. The minimum absolute atomic E-state index is 0.189. The predicted octanol–water partition coefficient (Wildman–Crippen LogP) is 3.94. The number of aryl methyl sites for hydroxylation is 1. The molecule has 0 aliphatic rings. The van der Waals surface area contributed by atoms with Crippen molar-refractivity contribution in [3.05, 3.63) is 59.7 Å². The molecule has 0 spiro atoms. The number of hydrogen-bond acceptors (Lipinski definition) is 3. The van der Waals surface area contributed by atoms with E-state index in [1.54, 1.807) is 14.2 Å². The molecule has 0 fully saturated rings. The first-order valence-corrected chi connectivity index (χ1v) is 6.94. The minimum Gasteiger partial charge on any atom is -0.497 e. The fourth-order valence-corrected chi connectivity index (χ4v) is 2.35. The Morgan fingerprint density at radius 1 is 1.05 bits per heavy atom. The van der Waals surface area contributed by atoms with Gasteiger partial charge in [0.05, 0.1) is 26.2 Å². The fourth-order valence-electron chi connectivity index (χ4n) is 2.35. The molecule has 2 aromatic carbocycles. The van der Waals surface area contributed by atoms with E-state index < -0.39 is 0 Å². The van der Waals surface area contributed by atoms with Crippen molar-refractivity contribution < 1.29 is 9.47 Å². The van der Waals surface area contributed by atoms with Gasteiger partial charge in [0.15, 0.2) is 0 Å². The molecule has 0 aromatic heterocycles. The maximum atomic E-state index is 9.47. The molecule has 3 nitrogen and oxygen atoms in total. The summed E-state index contributed by atoms with van der Waals surface area (Å²) in [7, 11) is 3.23. The van der Waals surface area contributed by atoms with Gasteiger partial charge < -0.3 is 9.47 Å². The van der Waals surface area contributed by atoms with Crippen molar-refractivity contribution in [2.75, 3.05) is 14.2 Å². The number of nitriles is 1. The van der Waals surface area contributed by atoms with Gasteiger partial charge in [-0.05, 0) is 24.5 Å². The first-order chi connectivity index (χ1) is 10.3. The number of hydrogen-bond donors (Lipinski definition) is 0. The number of nitrogens with zero attached hydrogens (tertiary/aromatic N) is 1. The smallest absolute Gasteiger partial charge is 0.127 e. The molecule has 0 radical (unpaired) electrons. The Bertz CT molecular complexity index is 617. The van der Waals surface area contributed by atoms with Crippen LogP contribution in [0.3, 0.4) is 0 Å². The fraction of sp³-hybridized carbons (Fsp3) is 0.278. The van der Waals surface area contributed by atoms with Crippen LogP contribution in [-0.2, 0) is 6.42 Å². The lowest BCUT2D eigenvalue weighted by molar-refractivity contribution is 0.389. The number of methoxy groups -OCH3 is 2. The molecule has 0 saturated carbocycles. The van der Waals surface area contributed by atoms with Crippen LogP contribution in [0.15, 0.2) is 48.5 Å². The summed E-state index contributed by atoms with van der Waals surface area (Å²) in [5, 5.41) is 9.47. The van der Waals surface area contributed by atoms with Crippen molar-refractivity contribution in [3.8, 4) is 17.6 Å². The second kappa shape index (κ2) is 7.35. The average molecular weight is 281 g/mol. The van der Waals surface area contributed by atoms with Crippen molar-refractivity contribution in [2.24, 2.45) is 0 Å². The van der Waals surface area contributed by atoms with Crippen molar-refractivity contribution in [1.82, 2.24) is 0 Å². The van der Waals surface area contributed by atoms with Gasteiger partial charge in [0.2, 0.25) is 0 Å². The molecule has 21 heavy (non-hydrogen) atoms. The third kappa shape index (κ3) is 3.76. The molecule has 1 unspecified atom stereocenters. The van der Waals surface area contributed by atoms with E-state index in [1.165, 1.54) is 5.56 Å². The van der Waals surface area contributed by atoms with Gasteiger partial charge in [0.1, 0.15) is 11.5 Å². The molecular weight excluding hydrogens is 262 g/mol. The van der Waals surface area contributed by atoms with Crippen LogP contribution in [0.1, 0.15) is 23.5 Å². The third-order valence-electron chi connectivity index (χ3n) is 3.54. The standard InChI is InChI=1S/C18H19NO2/c1-20-16-10-11-17(18(12-16)21-2)15(13-19)9-8-14-6-4-3-5-7-14/h3-7,10-12,15H,8-9H2,1-2H3. The molecule has 2 aromatic rings. The summed E-state index contributed by atoms with van der Waals surface area (Å²) in [6.07, 6.45) is 1.64. The van der Waals surface area contributed by atoms with E-state index >= 15 is 0 Å². The van der Waals surface area contributed by atoms with Gasteiger partial charge in [-0.25, -0.2) is 0 Å². The lowest BCUT2D eigenvalue weighted by Crippen LogP contribution is -2.02. The Hall–Kier alpha value is -2.47. The highest BCUT2D eigenvalue weighted by molar-refractivity contribution is 5.44. The Morgan fingerprint density at radius 2 is 1.81 bits per heavy atom. The van der Waals surface area contributed by atoms with E-state index in [0.29, 0.717) is 5.75 Å². The van der Waals surface area contributed by atoms with Gasteiger partial charge in [-0.2, -0.15) is 5.26 Å². The minimum atomic E-state index is -0.189. The van der Waals surface area contributed by atoms with E-state index in [2.05, 4.69) is 18.2 Å². The lowest BCUT2D eigenvalue weighted by atomic mass is 9.93. The van der Waals surface area contributed by atoms with Crippen LogP contribution in [0.25, 0.3) is 0 Å². The monoisotopic (exact) mass is 281 g/mol. The first kappa shape index (κ1) is 14.9. The van der Waals surface area contributed by atoms with E-state index in [4.69, 9.17) is 9.47 Å². The molecule has 1 atom stereocenters. The van der Waals surface area contributed by atoms with Crippen LogP contribution in [-0.4, -0.2) is 14.2 Å². The average Bonchev–Trinajstić information content (AvgIpc) is 2.56. The molecule has 0 aliphatic heterocycles. The second-order valence-corrected chi connectivity index (χ2v) is 4.81.